The van der Waals surface area contributed by atoms with E-state index in [0.717, 1.165) is 44.1 Å². The smallest absolute Gasteiger partial charge is 0.257 e. The Morgan fingerprint density at radius 3 is 2.66 bits per heavy atom. The van der Waals surface area contributed by atoms with Crippen LogP contribution in [-0.4, -0.2) is 101 Å². The Bertz CT molecular complexity index is 1510. The molecule has 0 bridgehead atoms. The van der Waals surface area contributed by atoms with Crippen molar-refractivity contribution in [2.24, 2.45) is 17.8 Å². The van der Waals surface area contributed by atoms with Crippen molar-refractivity contribution in [3.63, 3.8) is 0 Å². The van der Waals surface area contributed by atoms with Crippen LogP contribution in [0, 0.1) is 24.7 Å². The molecule has 3 aliphatic carbocycles. The maximum atomic E-state index is 13.8. The lowest BCUT2D eigenvalue weighted by atomic mass is 9.70. The van der Waals surface area contributed by atoms with Gasteiger partial charge in [0.25, 0.3) is 11.5 Å². The summed E-state index contributed by atoms with van der Waals surface area (Å²) in [6, 6.07) is -0.105. The molecule has 3 heterocycles. The molecule has 1 aromatic heterocycles. The summed E-state index contributed by atoms with van der Waals surface area (Å²) in [5.74, 6) is -1.87. The number of ether oxygens (including phenoxy) is 1. The number of likely N-dealkylation sites (N-methyl/N-ethyl adjacent to an activating group) is 1. The zero-order valence-corrected chi connectivity index (χ0v) is 30.0. The number of rotatable bonds is 9. The van der Waals surface area contributed by atoms with Crippen molar-refractivity contribution in [2.45, 2.75) is 125 Å². The number of carbonyl (C=O) groups is 1. The summed E-state index contributed by atoms with van der Waals surface area (Å²) < 4.78 is 61.1. The van der Waals surface area contributed by atoms with E-state index in [-0.39, 0.29) is 71.1 Å². The average Bonchev–Trinajstić information content (AvgIpc) is 3.40. The Balaban J connectivity index is 1.12. The van der Waals surface area contributed by atoms with Gasteiger partial charge in [0, 0.05) is 59.0 Å². The number of sulfonamides is 1. The highest BCUT2D eigenvalue weighted by Crippen LogP contribution is 2.48. The molecule has 264 valence electrons. The fourth-order valence-electron chi connectivity index (χ4n) is 8.82. The van der Waals surface area contributed by atoms with E-state index in [9.17, 15) is 26.8 Å². The molecule has 2 saturated carbocycles. The van der Waals surface area contributed by atoms with Crippen molar-refractivity contribution in [1.82, 2.24) is 24.5 Å². The maximum Gasteiger partial charge on any atom is 0.257 e. The fraction of sp³-hybridized carbons (Fsp3) is 0.844. The zero-order valence-electron chi connectivity index (χ0n) is 27.6. The Labute approximate surface area is 285 Å². The number of alkyl halides is 3. The van der Waals surface area contributed by atoms with Crippen LogP contribution in [0.1, 0.15) is 69.0 Å². The second-order valence-electron chi connectivity index (χ2n) is 14.6. The van der Waals surface area contributed by atoms with E-state index in [2.05, 4.69) is 17.0 Å². The van der Waals surface area contributed by atoms with Crippen molar-refractivity contribution in [1.29, 1.82) is 0 Å². The average molecular weight is 720 g/mol. The van der Waals surface area contributed by atoms with Crippen molar-refractivity contribution >= 4 is 39.3 Å². The van der Waals surface area contributed by atoms with Gasteiger partial charge in [0.15, 0.2) is 0 Å². The van der Waals surface area contributed by atoms with E-state index in [1.165, 1.54) is 0 Å². The van der Waals surface area contributed by atoms with Crippen LogP contribution in [0.4, 0.5) is 8.78 Å². The van der Waals surface area contributed by atoms with E-state index in [1.54, 1.807) is 16.3 Å². The number of hydrogen-bond acceptors (Lipinski definition) is 9. The summed E-state index contributed by atoms with van der Waals surface area (Å²) in [4.78, 5) is 33.5. The predicted octanol–water partition coefficient (Wildman–Crippen LogP) is 3.11. The third-order valence-electron chi connectivity index (χ3n) is 11.3. The Morgan fingerprint density at radius 2 is 1.96 bits per heavy atom. The molecule has 8 unspecified atom stereocenters. The number of nitrogens with one attached hydrogen (secondary N) is 2. The molecule has 0 aromatic carbocycles. The molecule has 0 radical (unpaired) electrons. The molecule has 1 amide bonds. The first-order valence-corrected chi connectivity index (χ1v) is 20.3. The molecular formula is C32H48ClF2N5O5S2. The van der Waals surface area contributed by atoms with Gasteiger partial charge < -0.3 is 10.1 Å². The van der Waals surface area contributed by atoms with E-state index in [1.807, 2.05) is 18.9 Å². The summed E-state index contributed by atoms with van der Waals surface area (Å²) in [5.41, 5.74) is 1.44. The minimum Gasteiger partial charge on any atom is -0.376 e. The molecule has 5 aliphatic rings. The Morgan fingerprint density at radius 1 is 1.21 bits per heavy atom. The van der Waals surface area contributed by atoms with Gasteiger partial charge in [-0.15, -0.1) is 11.6 Å². The summed E-state index contributed by atoms with van der Waals surface area (Å²) >= 11 is 8.47. The van der Waals surface area contributed by atoms with Gasteiger partial charge in [-0.3, -0.25) is 23.8 Å². The number of aromatic nitrogens is 2. The van der Waals surface area contributed by atoms with Crippen LogP contribution in [0.5, 0.6) is 0 Å². The third kappa shape index (κ3) is 7.72. The molecular weight excluding hydrogens is 672 g/mol. The van der Waals surface area contributed by atoms with Crippen LogP contribution >= 0.6 is 23.4 Å². The second kappa shape index (κ2) is 13.8. The number of hydrogen-bond donors (Lipinski definition) is 2. The van der Waals surface area contributed by atoms with Gasteiger partial charge in [-0.25, -0.2) is 22.2 Å². The topological polar surface area (TPSA) is 123 Å². The number of aryl methyl sites for hydroxylation is 2. The highest BCUT2D eigenvalue weighted by Gasteiger charge is 2.52. The zero-order chi connectivity index (χ0) is 33.8. The fourth-order valence-corrected chi connectivity index (χ4v) is 11.5. The summed E-state index contributed by atoms with van der Waals surface area (Å²) in [7, 11) is -1.75. The first-order valence-electron chi connectivity index (χ1n) is 16.9. The van der Waals surface area contributed by atoms with Gasteiger partial charge in [-0.1, -0.05) is 0 Å². The van der Waals surface area contributed by atoms with Gasteiger partial charge >= 0.3 is 0 Å². The number of amides is 1. The summed E-state index contributed by atoms with van der Waals surface area (Å²) in [6.45, 7) is 4.67. The lowest BCUT2D eigenvalue weighted by Gasteiger charge is -2.47. The van der Waals surface area contributed by atoms with Gasteiger partial charge in [0.05, 0.1) is 37.1 Å². The molecule has 9 atom stereocenters. The van der Waals surface area contributed by atoms with Gasteiger partial charge in [-0.05, 0) is 77.7 Å². The minimum atomic E-state index is -3.65. The highest BCUT2D eigenvalue weighted by molar-refractivity contribution is 8.00. The van der Waals surface area contributed by atoms with Crippen molar-refractivity contribution in [3.8, 4) is 0 Å². The normalized spacial score (nSPS) is 35.6. The van der Waals surface area contributed by atoms with Crippen molar-refractivity contribution < 1.29 is 26.7 Å². The van der Waals surface area contributed by atoms with Gasteiger partial charge in [0.2, 0.25) is 15.9 Å². The number of piperidine rings is 1. The lowest BCUT2D eigenvalue weighted by Crippen LogP contribution is -2.58. The second-order valence-corrected chi connectivity index (χ2v) is 18.2. The number of halogens is 3. The number of carbonyl (C=O) groups excluding carboxylic acids is 1. The molecule has 10 nitrogen and oxygen atoms in total. The SMILES string of the molecule is Cc1nc2c(c(=O)n1CCOC1CCC(Cl)CC1C1CC(C)NC3C(C(=O)NS(C)(=O)=O)CSC13)C[C@H](N(C)C1CC(F)(F)C1)CC2. The Kier molecular flexibility index (Phi) is 10.4. The van der Waals surface area contributed by atoms with Gasteiger partial charge in [0.1, 0.15) is 5.82 Å². The van der Waals surface area contributed by atoms with Crippen LogP contribution in [0.25, 0.3) is 0 Å². The first kappa shape index (κ1) is 35.5. The van der Waals surface area contributed by atoms with Gasteiger partial charge in [-0.2, -0.15) is 11.8 Å². The highest BCUT2D eigenvalue weighted by atomic mass is 35.5. The quantitative estimate of drug-likeness (QED) is 0.371. The minimum absolute atomic E-state index is 0.0335. The Hall–Kier alpha value is -1.32. The van der Waals surface area contributed by atoms with Crippen LogP contribution < -0.4 is 15.6 Å². The summed E-state index contributed by atoms with van der Waals surface area (Å²) in [6.07, 6.45) is 6.04. The number of nitrogens with zero attached hydrogens (tertiary/aromatic N) is 3. The van der Waals surface area contributed by atoms with E-state index < -0.39 is 27.8 Å². The van der Waals surface area contributed by atoms with Crippen molar-refractivity contribution in [3.05, 3.63) is 27.4 Å². The predicted molar refractivity (Wildman–Crippen MR) is 179 cm³/mol. The van der Waals surface area contributed by atoms with Crippen molar-refractivity contribution in [2.75, 3.05) is 25.7 Å². The molecule has 4 fully saturated rings. The molecule has 2 N–H and O–H groups in total. The number of fused-ring (bicyclic) bond motifs is 2. The van der Waals surface area contributed by atoms with E-state index >= 15 is 0 Å². The molecule has 47 heavy (non-hydrogen) atoms. The molecule has 6 rings (SSSR count). The van der Waals surface area contributed by atoms with E-state index in [0.29, 0.717) is 43.1 Å². The molecule has 15 heteroatoms. The third-order valence-corrected chi connectivity index (χ3v) is 13.8. The van der Waals surface area contributed by atoms with Crippen LogP contribution in [0.2, 0.25) is 0 Å². The molecule has 2 aliphatic heterocycles. The molecule has 0 spiro atoms. The van der Waals surface area contributed by atoms with E-state index in [4.69, 9.17) is 21.3 Å². The number of thioether (sulfide) groups is 1. The largest absolute Gasteiger partial charge is 0.376 e. The first-order chi connectivity index (χ1) is 22.1. The standard InChI is InChI=1S/C32H48ClF2N5O5S2/c1-17-11-23(29-28(36-17)25(16-46-29)30(41)38-47(4,43)44)22-12-19(33)5-8-27(22)45-10-9-40-18(2)37-26-7-6-20(13-24(26)31(40)42)39(3)21-14-32(34,35)15-21/h17,19-23,25,27-29,36H,5-16H2,1-4H3,(H,38,41)/t17?,19?,20-,22?,23?,25?,27?,28?,29?/m1/s1. The molecule has 2 saturated heterocycles. The van der Waals surface area contributed by atoms with Crippen LogP contribution in [0.15, 0.2) is 4.79 Å². The molecule has 1 aromatic rings. The lowest BCUT2D eigenvalue weighted by molar-refractivity contribution is -0.127. The summed E-state index contributed by atoms with van der Waals surface area (Å²) in [5, 5.41) is 3.75. The monoisotopic (exact) mass is 719 g/mol. The maximum absolute atomic E-state index is 13.8. The van der Waals surface area contributed by atoms with Crippen LogP contribution in [-0.2, 0) is 38.9 Å². The van der Waals surface area contributed by atoms with Crippen LogP contribution in [0.3, 0.4) is 0 Å².